The van der Waals surface area contributed by atoms with E-state index in [4.69, 9.17) is 9.47 Å². The minimum atomic E-state index is -1.38. The first kappa shape index (κ1) is 16.5. The second-order valence-electron chi connectivity index (χ2n) is 7.11. The molecule has 27 heavy (non-hydrogen) atoms. The minimum Gasteiger partial charge on any atom is -0.467 e. The smallest absolute Gasteiger partial charge is 0.338 e. The number of fused-ring (bicyclic) bond motifs is 5. The first-order valence-corrected chi connectivity index (χ1v) is 9.05. The summed E-state index contributed by atoms with van der Waals surface area (Å²) in [4.78, 5) is 17.9. The van der Waals surface area contributed by atoms with E-state index in [9.17, 15) is 9.90 Å². The zero-order valence-electron chi connectivity index (χ0n) is 15.2. The lowest BCUT2D eigenvalue weighted by Gasteiger charge is -2.49. The Balaban J connectivity index is 2.00. The van der Waals surface area contributed by atoms with E-state index in [2.05, 4.69) is 4.98 Å². The summed E-state index contributed by atoms with van der Waals surface area (Å²) in [6, 6.07) is 9.84. The molecule has 1 fully saturated rings. The van der Waals surface area contributed by atoms with Gasteiger partial charge < -0.3 is 19.1 Å². The number of para-hydroxylation sites is 1. The molecule has 3 aromatic rings. The Labute approximate surface area is 156 Å². The number of hydrogen-bond donors (Lipinski definition) is 1. The number of pyridine rings is 1. The van der Waals surface area contributed by atoms with Crippen molar-refractivity contribution < 1.29 is 19.4 Å². The number of ether oxygens (including phenoxy) is 2. The fourth-order valence-corrected chi connectivity index (χ4v) is 4.90. The second-order valence-corrected chi connectivity index (χ2v) is 7.11. The van der Waals surface area contributed by atoms with Crippen molar-refractivity contribution in [2.75, 3.05) is 13.7 Å². The standard InChI is InChI=1S/C21H20N2O4/c1-3-12-11-27-20(25)21(19(24)26-2)15(12)10-16-18-14(8-9-22-16)13-6-4-5-7-17(13)23(18)21/h3-9,15,20,25H,10-11H2,1-2H3/b12-3-/t15-,20+,21+/m0/s1. The zero-order valence-corrected chi connectivity index (χ0v) is 15.2. The van der Waals surface area contributed by atoms with Gasteiger partial charge in [-0.3, -0.25) is 4.98 Å². The van der Waals surface area contributed by atoms with Gasteiger partial charge >= 0.3 is 5.97 Å². The molecule has 0 saturated carbocycles. The highest BCUT2D eigenvalue weighted by atomic mass is 16.6. The molecule has 2 aliphatic rings. The van der Waals surface area contributed by atoms with Crippen molar-refractivity contribution in [3.05, 3.63) is 53.9 Å². The number of methoxy groups -OCH3 is 1. The quantitative estimate of drug-likeness (QED) is 0.531. The van der Waals surface area contributed by atoms with Crippen LogP contribution in [0.25, 0.3) is 21.8 Å². The summed E-state index contributed by atoms with van der Waals surface area (Å²) in [5.74, 6) is -0.795. The van der Waals surface area contributed by atoms with Crippen LogP contribution in [-0.2, 0) is 26.2 Å². The summed E-state index contributed by atoms with van der Waals surface area (Å²) in [7, 11) is 1.35. The molecule has 6 heteroatoms. The van der Waals surface area contributed by atoms with E-state index in [0.717, 1.165) is 33.1 Å². The Morgan fingerprint density at radius 1 is 1.37 bits per heavy atom. The zero-order chi connectivity index (χ0) is 18.8. The summed E-state index contributed by atoms with van der Waals surface area (Å²) in [6.45, 7) is 2.21. The van der Waals surface area contributed by atoms with Gasteiger partial charge in [-0.05, 0) is 24.6 Å². The minimum absolute atomic E-state index is 0.283. The average Bonchev–Trinajstić information content (AvgIpc) is 3.05. The van der Waals surface area contributed by atoms with Crippen molar-refractivity contribution in [2.45, 2.75) is 25.2 Å². The number of benzene rings is 1. The Kier molecular flexibility index (Phi) is 3.44. The van der Waals surface area contributed by atoms with Gasteiger partial charge in [-0.1, -0.05) is 24.3 Å². The number of aliphatic hydroxyl groups excluding tert-OH is 1. The normalized spacial score (nSPS) is 28.5. The molecular formula is C21H20N2O4. The molecule has 5 rings (SSSR count). The lowest BCUT2D eigenvalue weighted by atomic mass is 9.71. The van der Waals surface area contributed by atoms with E-state index in [0.29, 0.717) is 6.42 Å². The van der Waals surface area contributed by atoms with Gasteiger partial charge in [0.05, 0.1) is 30.4 Å². The summed E-state index contributed by atoms with van der Waals surface area (Å²) in [5.41, 5.74) is 2.22. The van der Waals surface area contributed by atoms with Gasteiger partial charge in [0.25, 0.3) is 0 Å². The number of allylic oxidation sites excluding steroid dienone is 1. The number of carbonyl (C=O) groups excluding carboxylic acids is 1. The molecule has 1 aromatic carbocycles. The fraction of sp³-hybridized carbons (Fsp3) is 0.333. The Morgan fingerprint density at radius 2 is 2.19 bits per heavy atom. The Hall–Kier alpha value is -2.70. The molecule has 1 N–H and O–H groups in total. The molecular weight excluding hydrogens is 344 g/mol. The first-order valence-electron chi connectivity index (χ1n) is 9.05. The van der Waals surface area contributed by atoms with Gasteiger partial charge in [0.1, 0.15) is 0 Å². The molecule has 2 aliphatic heterocycles. The highest BCUT2D eigenvalue weighted by molar-refractivity contribution is 6.10. The van der Waals surface area contributed by atoms with Crippen LogP contribution in [0.15, 0.2) is 48.2 Å². The van der Waals surface area contributed by atoms with Crippen LogP contribution in [0, 0.1) is 5.92 Å². The van der Waals surface area contributed by atoms with Crippen LogP contribution in [0.1, 0.15) is 12.6 Å². The van der Waals surface area contributed by atoms with Gasteiger partial charge in [0.2, 0.25) is 5.54 Å². The predicted octanol–water partition coefficient (Wildman–Crippen LogP) is 2.53. The van der Waals surface area contributed by atoms with Crippen LogP contribution in [0.4, 0.5) is 0 Å². The molecule has 0 unspecified atom stereocenters. The van der Waals surface area contributed by atoms with E-state index in [-0.39, 0.29) is 12.5 Å². The number of aromatic nitrogens is 2. The fourth-order valence-electron chi connectivity index (χ4n) is 4.90. The van der Waals surface area contributed by atoms with Gasteiger partial charge in [-0.2, -0.15) is 0 Å². The van der Waals surface area contributed by atoms with Crippen LogP contribution in [0.2, 0.25) is 0 Å². The molecule has 6 nitrogen and oxygen atoms in total. The maximum absolute atomic E-state index is 13.3. The second kappa shape index (κ2) is 5.65. The Bertz CT molecular complexity index is 1120. The summed E-state index contributed by atoms with van der Waals surface area (Å²) >= 11 is 0. The maximum atomic E-state index is 13.3. The molecule has 0 spiro atoms. The van der Waals surface area contributed by atoms with Crippen LogP contribution >= 0.6 is 0 Å². The third-order valence-electron chi connectivity index (χ3n) is 6.07. The van der Waals surface area contributed by atoms with Gasteiger partial charge in [0.15, 0.2) is 6.29 Å². The maximum Gasteiger partial charge on any atom is 0.338 e. The Morgan fingerprint density at radius 3 is 2.96 bits per heavy atom. The molecule has 4 heterocycles. The van der Waals surface area contributed by atoms with E-state index < -0.39 is 17.8 Å². The van der Waals surface area contributed by atoms with Crippen molar-refractivity contribution in [3.8, 4) is 0 Å². The predicted molar refractivity (Wildman–Crippen MR) is 100 cm³/mol. The van der Waals surface area contributed by atoms with E-state index in [1.165, 1.54) is 7.11 Å². The molecule has 3 atom stereocenters. The van der Waals surface area contributed by atoms with Gasteiger partial charge in [-0.25, -0.2) is 4.79 Å². The lowest BCUT2D eigenvalue weighted by Crippen LogP contribution is -2.63. The van der Waals surface area contributed by atoms with E-state index in [1.54, 1.807) is 0 Å². The SMILES string of the molecule is C/C=C1/CO[C@@H](O)[C@]2(C(=O)OC)[C@H]1Cc1nccc3c4ccccc4n2c13. The van der Waals surface area contributed by atoms with Crippen LogP contribution in [0.3, 0.4) is 0 Å². The topological polar surface area (TPSA) is 73.6 Å². The van der Waals surface area contributed by atoms with E-state index in [1.807, 2.05) is 54.1 Å². The van der Waals surface area contributed by atoms with Crippen LogP contribution in [0.5, 0.6) is 0 Å². The summed E-state index contributed by atoms with van der Waals surface area (Å²) < 4.78 is 12.8. The molecule has 0 bridgehead atoms. The number of aliphatic hydroxyl groups is 1. The van der Waals surface area contributed by atoms with Crippen molar-refractivity contribution in [3.63, 3.8) is 0 Å². The highest BCUT2D eigenvalue weighted by Gasteiger charge is 2.61. The average molecular weight is 364 g/mol. The monoisotopic (exact) mass is 364 g/mol. The van der Waals surface area contributed by atoms with Crippen LogP contribution < -0.4 is 0 Å². The van der Waals surface area contributed by atoms with Crippen molar-refractivity contribution in [2.24, 2.45) is 5.92 Å². The van der Waals surface area contributed by atoms with Gasteiger partial charge in [0, 0.05) is 29.3 Å². The number of esters is 1. The van der Waals surface area contributed by atoms with Crippen LogP contribution in [-0.4, -0.2) is 40.6 Å². The molecule has 0 amide bonds. The molecule has 0 aliphatic carbocycles. The number of hydrogen-bond acceptors (Lipinski definition) is 5. The number of nitrogens with zero attached hydrogens (tertiary/aromatic N) is 2. The molecule has 2 aromatic heterocycles. The first-order chi connectivity index (χ1) is 13.1. The van der Waals surface area contributed by atoms with Gasteiger partial charge in [-0.15, -0.1) is 0 Å². The lowest BCUT2D eigenvalue weighted by molar-refractivity contribution is -0.214. The molecule has 138 valence electrons. The van der Waals surface area contributed by atoms with Crippen molar-refractivity contribution in [1.29, 1.82) is 0 Å². The third-order valence-corrected chi connectivity index (χ3v) is 6.07. The number of rotatable bonds is 1. The molecule has 1 saturated heterocycles. The largest absolute Gasteiger partial charge is 0.467 e. The third kappa shape index (κ3) is 1.86. The highest BCUT2D eigenvalue weighted by Crippen LogP contribution is 2.50. The van der Waals surface area contributed by atoms with Crippen molar-refractivity contribution >= 4 is 27.8 Å². The molecule has 0 radical (unpaired) electrons. The van der Waals surface area contributed by atoms with E-state index >= 15 is 0 Å². The number of carbonyl (C=O) groups is 1. The summed E-state index contributed by atoms with van der Waals surface area (Å²) in [5, 5.41) is 13.1. The summed E-state index contributed by atoms with van der Waals surface area (Å²) in [6.07, 6.45) is 3.00. The van der Waals surface area contributed by atoms with Crippen molar-refractivity contribution in [1.82, 2.24) is 9.55 Å².